The monoisotopic (exact) mass is 335 g/mol. The number of benzene rings is 2. The SMILES string of the molecule is C[C@@H](Nc1ncnc2c1oc1ccccc12)[C@@H](O)c1ccc(O)cc1. The van der Waals surface area contributed by atoms with Crippen molar-refractivity contribution in [2.75, 3.05) is 5.32 Å². The number of fused-ring (bicyclic) bond motifs is 3. The smallest absolute Gasteiger partial charge is 0.196 e. The van der Waals surface area contributed by atoms with Crippen molar-refractivity contribution >= 4 is 27.9 Å². The summed E-state index contributed by atoms with van der Waals surface area (Å²) in [6.45, 7) is 1.86. The zero-order chi connectivity index (χ0) is 17.4. The molecule has 0 saturated carbocycles. The number of aromatic hydroxyl groups is 1. The number of aliphatic hydroxyl groups is 1. The highest BCUT2D eigenvalue weighted by Gasteiger charge is 2.20. The maximum absolute atomic E-state index is 10.5. The fraction of sp³-hybridized carbons (Fsp3) is 0.158. The summed E-state index contributed by atoms with van der Waals surface area (Å²) in [5, 5.41) is 24.0. The van der Waals surface area contributed by atoms with Crippen LogP contribution in [-0.4, -0.2) is 26.2 Å². The molecule has 126 valence electrons. The molecule has 0 aliphatic carbocycles. The number of nitrogens with one attached hydrogen (secondary N) is 1. The molecule has 0 bridgehead atoms. The molecule has 0 unspecified atom stereocenters. The van der Waals surface area contributed by atoms with Crippen LogP contribution >= 0.6 is 0 Å². The number of anilines is 1. The Morgan fingerprint density at radius 1 is 1.04 bits per heavy atom. The summed E-state index contributed by atoms with van der Waals surface area (Å²) >= 11 is 0. The average molecular weight is 335 g/mol. The number of aliphatic hydroxyl groups excluding tert-OH is 1. The number of phenols is 1. The number of phenolic OH excluding ortho intramolecular Hbond substituents is 1. The summed E-state index contributed by atoms with van der Waals surface area (Å²) in [4.78, 5) is 8.58. The van der Waals surface area contributed by atoms with Crippen LogP contribution in [0.2, 0.25) is 0 Å². The summed E-state index contributed by atoms with van der Waals surface area (Å²) in [5.74, 6) is 0.697. The van der Waals surface area contributed by atoms with Gasteiger partial charge in [-0.05, 0) is 36.8 Å². The Kier molecular flexibility index (Phi) is 3.74. The van der Waals surface area contributed by atoms with Gasteiger partial charge in [0, 0.05) is 5.39 Å². The number of nitrogens with zero attached hydrogens (tertiary/aromatic N) is 2. The third-order valence-corrected chi connectivity index (χ3v) is 4.23. The van der Waals surface area contributed by atoms with E-state index in [4.69, 9.17) is 4.42 Å². The molecular weight excluding hydrogens is 318 g/mol. The van der Waals surface area contributed by atoms with E-state index in [0.717, 1.165) is 16.5 Å². The maximum atomic E-state index is 10.5. The molecule has 4 rings (SSSR count). The lowest BCUT2D eigenvalue weighted by molar-refractivity contribution is 0.160. The first-order valence-electron chi connectivity index (χ1n) is 7.99. The van der Waals surface area contributed by atoms with E-state index in [1.807, 2.05) is 31.2 Å². The molecule has 3 N–H and O–H groups in total. The van der Waals surface area contributed by atoms with Gasteiger partial charge in [0.1, 0.15) is 23.2 Å². The van der Waals surface area contributed by atoms with E-state index in [9.17, 15) is 10.2 Å². The van der Waals surface area contributed by atoms with E-state index >= 15 is 0 Å². The molecule has 0 amide bonds. The second-order valence-electron chi connectivity index (χ2n) is 5.97. The molecular formula is C19H17N3O3. The van der Waals surface area contributed by atoms with E-state index in [1.165, 1.54) is 6.33 Å². The predicted octanol–water partition coefficient (Wildman–Crippen LogP) is 3.62. The fourth-order valence-electron chi connectivity index (χ4n) is 2.88. The summed E-state index contributed by atoms with van der Waals surface area (Å²) in [6.07, 6.45) is 0.710. The van der Waals surface area contributed by atoms with E-state index in [2.05, 4.69) is 15.3 Å². The summed E-state index contributed by atoms with van der Waals surface area (Å²) in [5.41, 5.74) is 2.74. The van der Waals surface area contributed by atoms with Crippen LogP contribution in [0.5, 0.6) is 5.75 Å². The molecule has 0 saturated heterocycles. The normalized spacial score (nSPS) is 13.8. The first kappa shape index (κ1) is 15.4. The minimum atomic E-state index is -0.769. The van der Waals surface area contributed by atoms with Crippen LogP contribution in [-0.2, 0) is 0 Å². The third-order valence-electron chi connectivity index (χ3n) is 4.23. The number of hydrogen-bond acceptors (Lipinski definition) is 6. The van der Waals surface area contributed by atoms with Gasteiger partial charge in [0.05, 0.1) is 12.1 Å². The Morgan fingerprint density at radius 3 is 2.60 bits per heavy atom. The standard InChI is InChI=1S/C19H17N3O3/c1-11(17(24)12-6-8-13(23)9-7-12)22-19-18-16(20-10-21-19)14-4-2-3-5-15(14)25-18/h2-11,17,23-24H,1H3,(H,20,21,22)/t11-,17-/m1/s1. The van der Waals surface area contributed by atoms with Crippen LogP contribution in [0, 0.1) is 0 Å². The van der Waals surface area contributed by atoms with Crippen LogP contribution in [0.1, 0.15) is 18.6 Å². The molecule has 2 atom stereocenters. The third kappa shape index (κ3) is 2.77. The average Bonchev–Trinajstić information content (AvgIpc) is 3.01. The second kappa shape index (κ2) is 6.07. The van der Waals surface area contributed by atoms with Crippen molar-refractivity contribution in [3.8, 4) is 5.75 Å². The molecule has 0 fully saturated rings. The van der Waals surface area contributed by atoms with Gasteiger partial charge in [0.25, 0.3) is 0 Å². The van der Waals surface area contributed by atoms with Crippen LogP contribution in [0.25, 0.3) is 22.1 Å². The van der Waals surface area contributed by atoms with E-state index in [0.29, 0.717) is 17.0 Å². The van der Waals surface area contributed by atoms with Gasteiger partial charge in [-0.3, -0.25) is 0 Å². The highest BCUT2D eigenvalue weighted by Crippen LogP contribution is 2.31. The largest absolute Gasteiger partial charge is 0.508 e. The van der Waals surface area contributed by atoms with Crippen molar-refractivity contribution < 1.29 is 14.6 Å². The van der Waals surface area contributed by atoms with Crippen LogP contribution in [0.3, 0.4) is 0 Å². The van der Waals surface area contributed by atoms with E-state index in [1.54, 1.807) is 24.3 Å². The number of aromatic nitrogens is 2. The number of furan rings is 1. The number of rotatable bonds is 4. The summed E-state index contributed by atoms with van der Waals surface area (Å²) < 4.78 is 5.88. The summed E-state index contributed by atoms with van der Waals surface area (Å²) in [7, 11) is 0. The molecule has 2 aromatic heterocycles. The molecule has 6 heteroatoms. The fourth-order valence-corrected chi connectivity index (χ4v) is 2.88. The number of hydrogen-bond donors (Lipinski definition) is 3. The molecule has 0 spiro atoms. The van der Waals surface area contributed by atoms with Gasteiger partial charge in [-0.1, -0.05) is 24.3 Å². The Labute approximate surface area is 143 Å². The van der Waals surface area contributed by atoms with Crippen molar-refractivity contribution in [2.45, 2.75) is 19.1 Å². The molecule has 4 aromatic rings. The Bertz CT molecular complexity index is 1030. The highest BCUT2D eigenvalue weighted by atomic mass is 16.3. The zero-order valence-corrected chi connectivity index (χ0v) is 13.5. The molecule has 6 nitrogen and oxygen atoms in total. The molecule has 0 aliphatic rings. The molecule has 2 heterocycles. The first-order chi connectivity index (χ1) is 12.1. The van der Waals surface area contributed by atoms with Crippen molar-refractivity contribution in [3.63, 3.8) is 0 Å². The van der Waals surface area contributed by atoms with Gasteiger partial charge >= 0.3 is 0 Å². The van der Waals surface area contributed by atoms with Gasteiger partial charge in [-0.15, -0.1) is 0 Å². The lowest BCUT2D eigenvalue weighted by atomic mass is 10.0. The van der Waals surface area contributed by atoms with Crippen LogP contribution in [0.15, 0.2) is 59.3 Å². The molecule has 2 aromatic carbocycles. The Morgan fingerprint density at radius 2 is 1.80 bits per heavy atom. The second-order valence-corrected chi connectivity index (χ2v) is 5.97. The zero-order valence-electron chi connectivity index (χ0n) is 13.5. The maximum Gasteiger partial charge on any atom is 0.196 e. The quantitative estimate of drug-likeness (QED) is 0.528. The van der Waals surface area contributed by atoms with E-state index in [-0.39, 0.29) is 11.8 Å². The molecule has 25 heavy (non-hydrogen) atoms. The van der Waals surface area contributed by atoms with Gasteiger partial charge in [0.15, 0.2) is 11.4 Å². The Balaban J connectivity index is 1.67. The topological polar surface area (TPSA) is 91.4 Å². The number of para-hydroxylation sites is 1. The minimum absolute atomic E-state index is 0.163. The van der Waals surface area contributed by atoms with Gasteiger partial charge in [-0.2, -0.15) is 0 Å². The molecule has 0 radical (unpaired) electrons. The molecule has 0 aliphatic heterocycles. The lowest BCUT2D eigenvalue weighted by Crippen LogP contribution is -2.24. The highest BCUT2D eigenvalue weighted by molar-refractivity contribution is 6.05. The van der Waals surface area contributed by atoms with Crippen molar-refractivity contribution in [1.82, 2.24) is 9.97 Å². The Hall–Kier alpha value is -3.12. The van der Waals surface area contributed by atoms with Crippen molar-refractivity contribution in [3.05, 3.63) is 60.4 Å². The van der Waals surface area contributed by atoms with Crippen LogP contribution < -0.4 is 5.32 Å². The first-order valence-corrected chi connectivity index (χ1v) is 7.99. The van der Waals surface area contributed by atoms with Crippen molar-refractivity contribution in [2.24, 2.45) is 0 Å². The lowest BCUT2D eigenvalue weighted by Gasteiger charge is -2.21. The van der Waals surface area contributed by atoms with Gasteiger partial charge < -0.3 is 19.9 Å². The minimum Gasteiger partial charge on any atom is -0.508 e. The predicted molar refractivity (Wildman–Crippen MR) is 95.5 cm³/mol. The van der Waals surface area contributed by atoms with Gasteiger partial charge in [-0.25, -0.2) is 9.97 Å². The van der Waals surface area contributed by atoms with Gasteiger partial charge in [0.2, 0.25) is 0 Å². The van der Waals surface area contributed by atoms with E-state index < -0.39 is 6.10 Å². The van der Waals surface area contributed by atoms with Crippen molar-refractivity contribution in [1.29, 1.82) is 0 Å². The summed E-state index contributed by atoms with van der Waals surface area (Å²) in [6, 6.07) is 13.8. The van der Waals surface area contributed by atoms with Crippen LogP contribution in [0.4, 0.5) is 5.82 Å².